The predicted molar refractivity (Wildman–Crippen MR) is 60.4 cm³/mol. The van der Waals surface area contributed by atoms with Crippen molar-refractivity contribution in [2.24, 2.45) is 5.16 Å². The van der Waals surface area contributed by atoms with Gasteiger partial charge >= 0.3 is 0 Å². The van der Waals surface area contributed by atoms with Crippen molar-refractivity contribution in [3.05, 3.63) is 29.8 Å². The summed E-state index contributed by atoms with van der Waals surface area (Å²) in [5.41, 5.74) is 1.87. The van der Waals surface area contributed by atoms with Gasteiger partial charge in [-0.3, -0.25) is 0 Å². The Labute approximate surface area is 97.0 Å². The van der Waals surface area contributed by atoms with E-state index in [1.807, 2.05) is 24.3 Å². The van der Waals surface area contributed by atoms with Crippen molar-refractivity contribution in [3.8, 4) is 5.69 Å². The molecule has 0 unspecified atom stereocenters. The average Bonchev–Trinajstić information content (AvgIpc) is 2.74. The molecule has 82 valence electrons. The molecular formula is C9H9N5OS. The number of oxime groups is 1. The molecular weight excluding hydrogens is 226 g/mol. The molecule has 1 heterocycles. The van der Waals surface area contributed by atoms with Crippen molar-refractivity contribution in [2.75, 3.05) is 0 Å². The van der Waals surface area contributed by atoms with Gasteiger partial charge < -0.3 is 5.21 Å². The molecule has 0 saturated carbocycles. The van der Waals surface area contributed by atoms with Crippen LogP contribution in [0.3, 0.4) is 0 Å². The number of tetrazole rings is 1. The molecule has 0 spiro atoms. The maximum atomic E-state index is 8.30. The summed E-state index contributed by atoms with van der Waals surface area (Å²) in [6.07, 6.45) is 2.01. The molecule has 16 heavy (non-hydrogen) atoms. The highest BCUT2D eigenvalue weighted by atomic mass is 32.1. The summed E-state index contributed by atoms with van der Waals surface area (Å²) in [6.45, 7) is 0. The molecule has 0 bridgehead atoms. The highest BCUT2D eigenvalue weighted by molar-refractivity contribution is 7.80. The van der Waals surface area contributed by atoms with E-state index in [1.165, 1.54) is 10.9 Å². The fourth-order valence-electron chi connectivity index (χ4n) is 1.27. The van der Waals surface area contributed by atoms with Gasteiger partial charge in [-0.2, -0.15) is 4.68 Å². The van der Waals surface area contributed by atoms with Crippen LogP contribution in [0, 0.1) is 0 Å². The Balaban J connectivity index is 2.23. The Bertz CT molecular complexity index is 493. The first kappa shape index (κ1) is 10.6. The normalized spacial score (nSPS) is 11.1. The second kappa shape index (κ2) is 4.75. The lowest BCUT2D eigenvalue weighted by atomic mass is 10.1. The van der Waals surface area contributed by atoms with E-state index in [2.05, 4.69) is 33.3 Å². The van der Waals surface area contributed by atoms with Crippen LogP contribution in [0.15, 0.2) is 34.6 Å². The lowest BCUT2D eigenvalue weighted by Gasteiger charge is -2.01. The summed E-state index contributed by atoms with van der Waals surface area (Å²) in [7, 11) is 0. The van der Waals surface area contributed by atoms with E-state index in [0.717, 1.165) is 11.3 Å². The van der Waals surface area contributed by atoms with Gasteiger partial charge in [0.15, 0.2) is 0 Å². The van der Waals surface area contributed by atoms with Gasteiger partial charge in [0.1, 0.15) is 0 Å². The minimum Gasteiger partial charge on any atom is -0.411 e. The molecule has 0 amide bonds. The number of hydrogen-bond donors (Lipinski definition) is 2. The van der Waals surface area contributed by atoms with Crippen LogP contribution >= 0.6 is 12.6 Å². The van der Waals surface area contributed by atoms with Gasteiger partial charge in [-0.15, -0.1) is 22.9 Å². The Hall–Kier alpha value is -1.89. The first-order valence-corrected chi connectivity index (χ1v) is 4.98. The molecule has 0 atom stereocenters. The molecule has 1 aromatic heterocycles. The van der Waals surface area contributed by atoms with Crippen molar-refractivity contribution in [1.29, 1.82) is 0 Å². The average molecular weight is 235 g/mol. The zero-order valence-electron chi connectivity index (χ0n) is 8.22. The molecule has 0 aliphatic rings. The zero-order chi connectivity index (χ0) is 11.4. The summed E-state index contributed by atoms with van der Waals surface area (Å²) in [5.74, 6) is 0. The standard InChI is InChI=1S/C9H9N5OS/c15-10-6-5-7-1-3-8(4-2-7)14-9(16)11-12-13-14/h1-4,6,15H,5H2,(H,11,13,16). The van der Waals surface area contributed by atoms with Gasteiger partial charge in [-0.25, -0.2) is 0 Å². The fourth-order valence-corrected chi connectivity index (χ4v) is 1.46. The van der Waals surface area contributed by atoms with Gasteiger partial charge in [-0.05, 0) is 28.1 Å². The van der Waals surface area contributed by atoms with Crippen LogP contribution in [0.2, 0.25) is 0 Å². The quantitative estimate of drug-likeness (QED) is 0.359. The number of benzene rings is 1. The Kier molecular flexibility index (Phi) is 3.16. The van der Waals surface area contributed by atoms with Crippen LogP contribution < -0.4 is 0 Å². The van der Waals surface area contributed by atoms with Crippen LogP contribution in [-0.4, -0.2) is 31.6 Å². The smallest absolute Gasteiger partial charge is 0.211 e. The van der Waals surface area contributed by atoms with Crippen LogP contribution in [0.25, 0.3) is 5.69 Å². The van der Waals surface area contributed by atoms with Gasteiger partial charge in [0.05, 0.1) is 5.69 Å². The van der Waals surface area contributed by atoms with Crippen molar-refractivity contribution in [1.82, 2.24) is 20.2 Å². The zero-order valence-corrected chi connectivity index (χ0v) is 9.12. The molecule has 0 fully saturated rings. The van der Waals surface area contributed by atoms with Crippen LogP contribution in [0.1, 0.15) is 5.56 Å². The Morgan fingerprint density at radius 3 is 2.69 bits per heavy atom. The number of aromatic nitrogens is 4. The van der Waals surface area contributed by atoms with E-state index in [0.29, 0.717) is 11.6 Å². The van der Waals surface area contributed by atoms with Crippen LogP contribution in [0.4, 0.5) is 0 Å². The topological polar surface area (TPSA) is 76.2 Å². The Morgan fingerprint density at radius 1 is 1.38 bits per heavy atom. The van der Waals surface area contributed by atoms with Crippen molar-refractivity contribution < 1.29 is 5.21 Å². The van der Waals surface area contributed by atoms with E-state index >= 15 is 0 Å². The molecule has 0 radical (unpaired) electrons. The molecule has 2 rings (SSSR count). The van der Waals surface area contributed by atoms with Crippen LogP contribution in [0.5, 0.6) is 0 Å². The van der Waals surface area contributed by atoms with E-state index < -0.39 is 0 Å². The lowest BCUT2D eigenvalue weighted by Crippen LogP contribution is -1.97. The monoisotopic (exact) mass is 235 g/mol. The second-order valence-electron chi connectivity index (χ2n) is 3.06. The SMILES string of the molecule is ON=CCc1ccc(-n2nnnc2S)cc1. The third-order valence-corrected chi connectivity index (χ3v) is 2.32. The molecule has 1 N–H and O–H groups in total. The Morgan fingerprint density at radius 2 is 2.12 bits per heavy atom. The maximum absolute atomic E-state index is 8.30. The minimum atomic E-state index is 0.435. The first-order valence-electron chi connectivity index (χ1n) is 4.54. The molecule has 2 aromatic rings. The van der Waals surface area contributed by atoms with E-state index in [9.17, 15) is 0 Å². The first-order chi connectivity index (χ1) is 7.81. The number of rotatable bonds is 3. The van der Waals surface area contributed by atoms with Gasteiger partial charge in [-0.1, -0.05) is 12.1 Å². The van der Waals surface area contributed by atoms with E-state index in [-0.39, 0.29) is 0 Å². The molecule has 0 saturated heterocycles. The summed E-state index contributed by atoms with van der Waals surface area (Å²) in [5, 5.41) is 22.6. The minimum absolute atomic E-state index is 0.435. The highest BCUT2D eigenvalue weighted by Crippen LogP contribution is 2.11. The number of nitrogens with zero attached hydrogens (tertiary/aromatic N) is 5. The van der Waals surface area contributed by atoms with E-state index in [4.69, 9.17) is 5.21 Å². The van der Waals surface area contributed by atoms with Crippen molar-refractivity contribution in [2.45, 2.75) is 11.6 Å². The van der Waals surface area contributed by atoms with E-state index in [1.54, 1.807) is 0 Å². The third kappa shape index (κ3) is 2.19. The molecule has 0 aliphatic heterocycles. The van der Waals surface area contributed by atoms with Gasteiger partial charge in [0.2, 0.25) is 5.16 Å². The lowest BCUT2D eigenvalue weighted by molar-refractivity contribution is 0.321. The largest absolute Gasteiger partial charge is 0.411 e. The molecule has 0 aliphatic carbocycles. The highest BCUT2D eigenvalue weighted by Gasteiger charge is 2.03. The molecule has 6 nitrogen and oxygen atoms in total. The number of thiol groups is 1. The van der Waals surface area contributed by atoms with Crippen molar-refractivity contribution >= 4 is 18.8 Å². The van der Waals surface area contributed by atoms with Crippen LogP contribution in [-0.2, 0) is 6.42 Å². The number of hydrogen-bond acceptors (Lipinski definition) is 6. The third-order valence-electron chi connectivity index (χ3n) is 2.04. The molecule has 1 aromatic carbocycles. The van der Waals surface area contributed by atoms with Gasteiger partial charge in [0, 0.05) is 12.6 Å². The fraction of sp³-hybridized carbons (Fsp3) is 0.111. The summed E-state index contributed by atoms with van der Waals surface area (Å²) in [6, 6.07) is 7.56. The maximum Gasteiger partial charge on any atom is 0.211 e. The predicted octanol–water partition coefficient (Wildman–Crippen LogP) is 0.954. The molecule has 7 heteroatoms. The van der Waals surface area contributed by atoms with Crippen molar-refractivity contribution in [3.63, 3.8) is 0 Å². The summed E-state index contributed by atoms with van der Waals surface area (Å²) in [4.78, 5) is 0. The second-order valence-corrected chi connectivity index (χ2v) is 3.46. The summed E-state index contributed by atoms with van der Waals surface area (Å²) < 4.78 is 1.52. The summed E-state index contributed by atoms with van der Waals surface area (Å²) >= 11 is 4.12. The van der Waals surface area contributed by atoms with Gasteiger partial charge in [0.25, 0.3) is 0 Å².